The fourth-order valence-electron chi connectivity index (χ4n) is 2.68. The van der Waals surface area contributed by atoms with Gasteiger partial charge in [0.1, 0.15) is 11.6 Å². The molecule has 2 aromatic rings. The third-order valence-corrected chi connectivity index (χ3v) is 3.79. The second-order valence-electron chi connectivity index (χ2n) is 5.36. The fourth-order valence-corrected chi connectivity index (χ4v) is 2.68. The van der Waals surface area contributed by atoms with Gasteiger partial charge in [0.2, 0.25) is 0 Å². The molecular weight excluding hydrogens is 295 g/mol. The summed E-state index contributed by atoms with van der Waals surface area (Å²) in [6.45, 7) is 2.33. The minimum Gasteiger partial charge on any atom is -0.310 e. The highest BCUT2D eigenvalue weighted by atomic mass is 19.2. The third-order valence-electron chi connectivity index (χ3n) is 3.79. The van der Waals surface area contributed by atoms with Crippen LogP contribution in [0.2, 0.25) is 0 Å². The van der Waals surface area contributed by atoms with Crippen molar-refractivity contribution in [2.24, 2.45) is 0 Å². The summed E-state index contributed by atoms with van der Waals surface area (Å²) in [5.41, 5.74) is 0.638. The topological polar surface area (TPSA) is 49.0 Å². The minimum absolute atomic E-state index is 0.0951. The van der Waals surface area contributed by atoms with Crippen molar-refractivity contribution < 1.29 is 13.2 Å². The van der Waals surface area contributed by atoms with E-state index in [4.69, 9.17) is 0 Å². The zero-order valence-corrected chi connectivity index (χ0v) is 11.9. The number of aryl methyl sites for hydroxylation is 1. The molecule has 0 radical (unpaired) electrons. The Morgan fingerprint density at radius 1 is 1.27 bits per heavy atom. The van der Waals surface area contributed by atoms with Gasteiger partial charge in [-0.3, -0.25) is 9.69 Å². The van der Waals surface area contributed by atoms with E-state index in [0.717, 1.165) is 12.1 Å². The Labute approximate surface area is 124 Å². The number of hydrogen-bond acceptors (Lipinski definition) is 3. The van der Waals surface area contributed by atoms with E-state index in [-0.39, 0.29) is 24.2 Å². The lowest BCUT2D eigenvalue weighted by Crippen LogP contribution is -2.36. The molecule has 7 heteroatoms. The molecule has 22 heavy (non-hydrogen) atoms. The largest absolute Gasteiger partial charge is 0.310 e. The van der Waals surface area contributed by atoms with Crippen LogP contribution in [0.25, 0.3) is 0 Å². The Morgan fingerprint density at radius 2 is 2.00 bits per heavy atom. The van der Waals surface area contributed by atoms with Crippen LogP contribution in [0.1, 0.15) is 22.6 Å². The third kappa shape index (κ3) is 2.64. The summed E-state index contributed by atoms with van der Waals surface area (Å²) in [6.07, 6.45) is 0.513. The smallest absolute Gasteiger partial charge is 0.255 e. The van der Waals surface area contributed by atoms with E-state index in [0.29, 0.717) is 30.0 Å². The van der Waals surface area contributed by atoms with Crippen LogP contribution in [0, 0.1) is 24.4 Å². The summed E-state index contributed by atoms with van der Waals surface area (Å²) in [5.74, 6) is -2.51. The molecule has 0 saturated carbocycles. The molecule has 3 rings (SSSR count). The lowest BCUT2D eigenvalue weighted by atomic mass is 10.1. The van der Waals surface area contributed by atoms with Gasteiger partial charge in [-0.1, -0.05) is 0 Å². The van der Waals surface area contributed by atoms with Crippen molar-refractivity contribution in [1.82, 2.24) is 14.9 Å². The van der Waals surface area contributed by atoms with E-state index in [1.54, 1.807) is 11.8 Å². The van der Waals surface area contributed by atoms with Gasteiger partial charge in [0.05, 0.1) is 11.3 Å². The summed E-state index contributed by atoms with van der Waals surface area (Å²) in [6, 6.07) is 1.67. The standard InChI is InChI=1S/C15H14F3N3O/c1-8-19-13-4-5-21(7-10(13)15(22)20-8)6-9-11(16)2-3-12(17)14(9)18/h2-3H,4-7H2,1H3,(H,19,20,22). The molecule has 2 heterocycles. The summed E-state index contributed by atoms with van der Waals surface area (Å²) in [7, 11) is 0. The van der Waals surface area contributed by atoms with E-state index < -0.39 is 17.5 Å². The van der Waals surface area contributed by atoms with Crippen molar-refractivity contribution in [2.75, 3.05) is 6.54 Å². The number of nitrogens with one attached hydrogen (secondary N) is 1. The lowest BCUT2D eigenvalue weighted by molar-refractivity contribution is 0.233. The van der Waals surface area contributed by atoms with Gasteiger partial charge in [0.15, 0.2) is 11.6 Å². The summed E-state index contributed by atoms with van der Waals surface area (Å²) >= 11 is 0. The predicted octanol–water partition coefficient (Wildman–Crippen LogP) is 2.05. The fraction of sp³-hybridized carbons (Fsp3) is 0.333. The Bertz CT molecular complexity index is 788. The van der Waals surface area contributed by atoms with Crippen LogP contribution in [0.5, 0.6) is 0 Å². The highest BCUT2D eigenvalue weighted by molar-refractivity contribution is 5.24. The normalized spacial score (nSPS) is 14.9. The Morgan fingerprint density at radius 3 is 2.77 bits per heavy atom. The highest BCUT2D eigenvalue weighted by Crippen LogP contribution is 2.21. The molecule has 1 N–H and O–H groups in total. The number of benzene rings is 1. The maximum absolute atomic E-state index is 13.7. The van der Waals surface area contributed by atoms with Crippen LogP contribution < -0.4 is 5.56 Å². The quantitative estimate of drug-likeness (QED) is 0.864. The zero-order chi connectivity index (χ0) is 15.9. The van der Waals surface area contributed by atoms with E-state index >= 15 is 0 Å². The van der Waals surface area contributed by atoms with Gasteiger partial charge in [-0.25, -0.2) is 18.2 Å². The van der Waals surface area contributed by atoms with Gasteiger partial charge in [-0.2, -0.15) is 0 Å². The number of H-pyrrole nitrogens is 1. The number of fused-ring (bicyclic) bond motifs is 1. The van der Waals surface area contributed by atoms with Crippen LogP contribution in [0.15, 0.2) is 16.9 Å². The molecule has 0 fully saturated rings. The SMILES string of the molecule is Cc1nc2c(c(=O)[nH]1)CN(Cc1c(F)ccc(F)c1F)CC2. The minimum atomic E-state index is -1.18. The van der Waals surface area contributed by atoms with Crippen molar-refractivity contribution in [3.8, 4) is 0 Å². The Balaban J connectivity index is 1.88. The average Bonchev–Trinajstić information content (AvgIpc) is 2.48. The van der Waals surface area contributed by atoms with Crippen molar-refractivity contribution in [3.63, 3.8) is 0 Å². The Kier molecular flexibility index (Phi) is 3.74. The van der Waals surface area contributed by atoms with Gasteiger partial charge in [0.25, 0.3) is 5.56 Å². The van der Waals surface area contributed by atoms with E-state index in [1.165, 1.54) is 0 Å². The maximum atomic E-state index is 13.7. The van der Waals surface area contributed by atoms with Crippen LogP contribution in [-0.2, 0) is 19.5 Å². The van der Waals surface area contributed by atoms with Crippen LogP contribution in [0.4, 0.5) is 13.2 Å². The van der Waals surface area contributed by atoms with Gasteiger partial charge in [0, 0.05) is 31.6 Å². The molecule has 0 bridgehead atoms. The van der Waals surface area contributed by atoms with Crippen LogP contribution in [0.3, 0.4) is 0 Å². The molecule has 4 nitrogen and oxygen atoms in total. The first-order valence-corrected chi connectivity index (χ1v) is 6.89. The first kappa shape index (κ1) is 14.8. The number of aromatic nitrogens is 2. The van der Waals surface area contributed by atoms with Gasteiger partial charge in [-0.05, 0) is 19.1 Å². The molecule has 0 unspecified atom stereocenters. The van der Waals surface area contributed by atoms with Crippen molar-refractivity contribution in [3.05, 3.63) is 62.6 Å². The van der Waals surface area contributed by atoms with Crippen molar-refractivity contribution in [1.29, 1.82) is 0 Å². The summed E-state index contributed by atoms with van der Waals surface area (Å²) < 4.78 is 40.7. The molecule has 0 amide bonds. The number of aromatic amines is 1. The van der Waals surface area contributed by atoms with Crippen molar-refractivity contribution in [2.45, 2.75) is 26.4 Å². The van der Waals surface area contributed by atoms with E-state index in [1.807, 2.05) is 0 Å². The average molecular weight is 309 g/mol. The number of rotatable bonds is 2. The second-order valence-corrected chi connectivity index (χ2v) is 5.36. The molecule has 1 aromatic carbocycles. The second kappa shape index (κ2) is 5.57. The molecule has 0 saturated heterocycles. The summed E-state index contributed by atoms with van der Waals surface area (Å²) in [4.78, 5) is 20.5. The number of nitrogens with zero attached hydrogens (tertiary/aromatic N) is 2. The van der Waals surface area contributed by atoms with E-state index in [2.05, 4.69) is 9.97 Å². The molecular formula is C15H14F3N3O. The molecule has 1 aliphatic heterocycles. The number of hydrogen-bond donors (Lipinski definition) is 1. The maximum Gasteiger partial charge on any atom is 0.255 e. The molecule has 1 aliphatic rings. The summed E-state index contributed by atoms with van der Waals surface area (Å²) in [5, 5.41) is 0. The first-order chi connectivity index (χ1) is 10.5. The van der Waals surface area contributed by atoms with Crippen molar-refractivity contribution >= 4 is 0 Å². The highest BCUT2D eigenvalue weighted by Gasteiger charge is 2.23. The molecule has 0 atom stereocenters. The monoisotopic (exact) mass is 309 g/mol. The zero-order valence-electron chi connectivity index (χ0n) is 11.9. The molecule has 116 valence electrons. The molecule has 0 spiro atoms. The first-order valence-electron chi connectivity index (χ1n) is 6.89. The van der Waals surface area contributed by atoms with Crippen LogP contribution >= 0.6 is 0 Å². The van der Waals surface area contributed by atoms with Crippen LogP contribution in [-0.4, -0.2) is 21.4 Å². The van der Waals surface area contributed by atoms with Gasteiger partial charge >= 0.3 is 0 Å². The number of halogens is 3. The predicted molar refractivity (Wildman–Crippen MR) is 73.7 cm³/mol. The molecule has 1 aromatic heterocycles. The lowest BCUT2D eigenvalue weighted by Gasteiger charge is -2.27. The van der Waals surface area contributed by atoms with Gasteiger partial charge < -0.3 is 4.98 Å². The molecule has 0 aliphatic carbocycles. The van der Waals surface area contributed by atoms with E-state index in [9.17, 15) is 18.0 Å². The Hall–Kier alpha value is -2.15. The van der Waals surface area contributed by atoms with Gasteiger partial charge in [-0.15, -0.1) is 0 Å².